The smallest absolute Gasteiger partial charge is 0.334 e. The molecule has 1 aromatic heterocycles. The Morgan fingerprint density at radius 2 is 2.04 bits per heavy atom. The summed E-state index contributed by atoms with van der Waals surface area (Å²) in [7, 11) is 0. The van der Waals surface area contributed by atoms with E-state index in [2.05, 4.69) is 10.3 Å². The molecule has 1 amide bonds. The van der Waals surface area contributed by atoms with Crippen LogP contribution in [0.2, 0.25) is 0 Å². The highest BCUT2D eigenvalue weighted by atomic mass is 19.1. The first-order chi connectivity index (χ1) is 10.9. The third-order valence-corrected chi connectivity index (χ3v) is 3.03. The van der Waals surface area contributed by atoms with Crippen molar-refractivity contribution in [3.05, 3.63) is 73.7 Å². The van der Waals surface area contributed by atoms with Crippen LogP contribution in [-0.4, -0.2) is 22.4 Å². The number of pyridine rings is 1. The molecule has 1 heterocycles. The second-order valence-electron chi connectivity index (χ2n) is 4.60. The van der Waals surface area contributed by atoms with Crippen molar-refractivity contribution >= 4 is 11.6 Å². The van der Waals surface area contributed by atoms with Gasteiger partial charge in [0.2, 0.25) is 0 Å². The summed E-state index contributed by atoms with van der Waals surface area (Å²) >= 11 is 0. The first kappa shape index (κ1) is 16.3. The van der Waals surface area contributed by atoms with Gasteiger partial charge in [0.05, 0.1) is 10.5 Å². The lowest BCUT2D eigenvalue weighted by Gasteiger charge is -2.06. The van der Waals surface area contributed by atoms with Crippen LogP contribution in [0.3, 0.4) is 0 Å². The summed E-state index contributed by atoms with van der Waals surface area (Å²) < 4.78 is 26.4. The molecule has 0 aliphatic rings. The third-order valence-electron chi connectivity index (χ3n) is 3.03. The zero-order chi connectivity index (χ0) is 17.0. The van der Waals surface area contributed by atoms with Gasteiger partial charge < -0.3 is 10.3 Å². The van der Waals surface area contributed by atoms with E-state index in [1.807, 2.05) is 0 Å². The number of aromatic amines is 1. The fourth-order valence-electron chi connectivity index (χ4n) is 1.89. The Bertz CT molecular complexity index is 820. The maximum Gasteiger partial charge on any atom is 0.334 e. The van der Waals surface area contributed by atoms with Crippen molar-refractivity contribution < 1.29 is 18.5 Å². The Hall–Kier alpha value is -3.10. The van der Waals surface area contributed by atoms with E-state index in [0.29, 0.717) is 0 Å². The van der Waals surface area contributed by atoms with Crippen molar-refractivity contribution in [2.45, 2.75) is 6.42 Å². The van der Waals surface area contributed by atoms with Gasteiger partial charge in [-0.2, -0.15) is 0 Å². The molecular weight excluding hydrogens is 312 g/mol. The lowest BCUT2D eigenvalue weighted by Crippen LogP contribution is -2.27. The summed E-state index contributed by atoms with van der Waals surface area (Å²) in [5.41, 5.74) is -1.70. The molecule has 0 saturated heterocycles. The first-order valence-electron chi connectivity index (χ1n) is 6.47. The number of carbonyl (C=O) groups is 1. The average Bonchev–Trinajstić information content (AvgIpc) is 2.50. The van der Waals surface area contributed by atoms with Crippen LogP contribution in [0, 0.1) is 21.7 Å². The van der Waals surface area contributed by atoms with Crippen LogP contribution in [0.25, 0.3) is 0 Å². The van der Waals surface area contributed by atoms with Crippen LogP contribution >= 0.6 is 0 Å². The van der Waals surface area contributed by atoms with Crippen LogP contribution in [0.15, 0.2) is 35.3 Å². The quantitative estimate of drug-likeness (QED) is 0.643. The summed E-state index contributed by atoms with van der Waals surface area (Å²) in [4.78, 5) is 34.9. The van der Waals surface area contributed by atoms with Crippen molar-refractivity contribution in [2.75, 3.05) is 6.54 Å². The number of amides is 1. The largest absolute Gasteiger partial charge is 0.352 e. The Morgan fingerprint density at radius 3 is 2.74 bits per heavy atom. The van der Waals surface area contributed by atoms with Crippen LogP contribution in [0.5, 0.6) is 0 Å². The van der Waals surface area contributed by atoms with E-state index in [-0.39, 0.29) is 24.1 Å². The predicted molar refractivity (Wildman–Crippen MR) is 76.1 cm³/mol. The van der Waals surface area contributed by atoms with E-state index in [1.54, 1.807) is 0 Å². The molecule has 2 aromatic rings. The van der Waals surface area contributed by atoms with Gasteiger partial charge >= 0.3 is 11.2 Å². The number of H-pyrrole nitrogens is 1. The fourth-order valence-corrected chi connectivity index (χ4v) is 1.89. The first-order valence-corrected chi connectivity index (χ1v) is 6.47. The Morgan fingerprint density at radius 1 is 1.30 bits per heavy atom. The number of benzene rings is 1. The van der Waals surface area contributed by atoms with Crippen LogP contribution in [0.1, 0.15) is 15.9 Å². The van der Waals surface area contributed by atoms with E-state index in [9.17, 15) is 28.5 Å². The van der Waals surface area contributed by atoms with E-state index >= 15 is 0 Å². The number of nitro groups is 1. The highest BCUT2D eigenvalue weighted by molar-refractivity contribution is 5.94. The van der Waals surface area contributed by atoms with Gasteiger partial charge in [0, 0.05) is 18.8 Å². The highest BCUT2D eigenvalue weighted by Crippen LogP contribution is 2.10. The lowest BCUT2D eigenvalue weighted by atomic mass is 10.1. The standard InChI is InChI=1S/C14H11F2N3O4/c15-10-1-2-11(16)8(5-10)3-4-17-13(20)9-6-12(19(22)23)14(21)18-7-9/h1-2,5-7H,3-4H2,(H,17,20)(H,18,21). The summed E-state index contributed by atoms with van der Waals surface area (Å²) in [5, 5.41) is 13.0. The van der Waals surface area contributed by atoms with Crippen LogP contribution in [-0.2, 0) is 6.42 Å². The molecule has 0 atom stereocenters. The van der Waals surface area contributed by atoms with Crippen molar-refractivity contribution in [3.63, 3.8) is 0 Å². The molecule has 0 unspecified atom stereocenters. The molecule has 0 fully saturated rings. The van der Waals surface area contributed by atoms with Gasteiger partial charge in [0.1, 0.15) is 11.6 Å². The maximum absolute atomic E-state index is 13.4. The number of halogens is 2. The molecule has 1 aromatic carbocycles. The average molecular weight is 323 g/mol. The van der Waals surface area contributed by atoms with Crippen molar-refractivity contribution in [1.82, 2.24) is 10.3 Å². The molecule has 2 N–H and O–H groups in total. The molecule has 9 heteroatoms. The van der Waals surface area contributed by atoms with Crippen LogP contribution in [0.4, 0.5) is 14.5 Å². The number of nitrogens with one attached hydrogen (secondary N) is 2. The molecule has 0 aliphatic heterocycles. The van der Waals surface area contributed by atoms with E-state index in [0.717, 1.165) is 30.5 Å². The van der Waals surface area contributed by atoms with Crippen LogP contribution < -0.4 is 10.9 Å². The molecule has 0 spiro atoms. The molecule has 23 heavy (non-hydrogen) atoms. The zero-order valence-electron chi connectivity index (χ0n) is 11.6. The van der Waals surface area contributed by atoms with Crippen molar-refractivity contribution in [2.24, 2.45) is 0 Å². The number of carbonyl (C=O) groups excluding carboxylic acids is 1. The second kappa shape index (κ2) is 6.77. The number of aromatic nitrogens is 1. The van der Waals surface area contributed by atoms with E-state index < -0.39 is 33.7 Å². The van der Waals surface area contributed by atoms with E-state index in [4.69, 9.17) is 0 Å². The number of rotatable bonds is 5. The molecule has 0 radical (unpaired) electrons. The van der Waals surface area contributed by atoms with Crippen molar-refractivity contribution in [1.29, 1.82) is 0 Å². The number of hydrogen-bond acceptors (Lipinski definition) is 4. The molecular formula is C14H11F2N3O4. The van der Waals surface area contributed by atoms with Gasteiger partial charge in [0.25, 0.3) is 5.91 Å². The van der Waals surface area contributed by atoms with E-state index in [1.165, 1.54) is 0 Å². The topological polar surface area (TPSA) is 105 Å². The molecule has 0 bridgehead atoms. The van der Waals surface area contributed by atoms with Gasteiger partial charge in [-0.3, -0.25) is 19.7 Å². The van der Waals surface area contributed by atoms with Gasteiger partial charge in [0.15, 0.2) is 0 Å². The molecule has 120 valence electrons. The highest BCUT2D eigenvalue weighted by Gasteiger charge is 2.16. The minimum Gasteiger partial charge on any atom is -0.352 e. The zero-order valence-corrected chi connectivity index (χ0v) is 11.6. The normalized spacial score (nSPS) is 10.3. The summed E-state index contributed by atoms with van der Waals surface area (Å²) in [6.45, 7) is -0.00781. The summed E-state index contributed by atoms with van der Waals surface area (Å²) in [6, 6.07) is 3.83. The summed E-state index contributed by atoms with van der Waals surface area (Å²) in [6.07, 6.45) is 1.08. The molecule has 0 saturated carbocycles. The number of hydrogen-bond donors (Lipinski definition) is 2. The minimum atomic E-state index is -0.923. The predicted octanol–water partition coefficient (Wildman–Crippen LogP) is 1.53. The SMILES string of the molecule is O=C(NCCc1cc(F)ccc1F)c1c[nH]c(=O)c([N+](=O)[O-])c1. The van der Waals surface area contributed by atoms with Gasteiger partial charge in [-0.15, -0.1) is 0 Å². The Balaban J connectivity index is 2.03. The maximum atomic E-state index is 13.4. The molecule has 7 nitrogen and oxygen atoms in total. The fraction of sp³-hybridized carbons (Fsp3) is 0.143. The second-order valence-corrected chi connectivity index (χ2v) is 4.60. The van der Waals surface area contributed by atoms with Gasteiger partial charge in [-0.05, 0) is 30.2 Å². The monoisotopic (exact) mass is 323 g/mol. The Kier molecular flexibility index (Phi) is 4.79. The lowest BCUT2D eigenvalue weighted by molar-refractivity contribution is -0.386. The van der Waals surface area contributed by atoms with Gasteiger partial charge in [-0.25, -0.2) is 8.78 Å². The number of nitrogens with zero attached hydrogens (tertiary/aromatic N) is 1. The molecule has 0 aliphatic carbocycles. The van der Waals surface area contributed by atoms with Gasteiger partial charge in [-0.1, -0.05) is 0 Å². The minimum absolute atomic E-state index is 0.00781. The third kappa shape index (κ3) is 3.96. The van der Waals surface area contributed by atoms with Crippen molar-refractivity contribution in [3.8, 4) is 0 Å². The Labute approximate surface area is 128 Å². The molecule has 2 rings (SSSR count). The summed E-state index contributed by atoms with van der Waals surface area (Å²) in [5.74, 6) is -1.87.